The Kier molecular flexibility index (Phi) is 3.42. The van der Waals surface area contributed by atoms with Gasteiger partial charge in [0.05, 0.1) is 19.3 Å². The zero-order valence-corrected chi connectivity index (χ0v) is 10.0. The zero-order chi connectivity index (χ0) is 12.3. The molecule has 0 aromatic heterocycles. The summed E-state index contributed by atoms with van der Waals surface area (Å²) in [7, 11) is 1.51. The molecule has 0 radical (unpaired) electrons. The van der Waals surface area contributed by atoms with Crippen LogP contribution in [0.3, 0.4) is 0 Å². The summed E-state index contributed by atoms with van der Waals surface area (Å²) >= 11 is 0. The van der Waals surface area contributed by atoms with Gasteiger partial charge in [0.15, 0.2) is 11.5 Å². The molecule has 1 heterocycles. The van der Waals surface area contributed by atoms with Gasteiger partial charge in [0.2, 0.25) is 0 Å². The van der Waals surface area contributed by atoms with E-state index >= 15 is 0 Å². The smallest absolute Gasteiger partial charge is 0.175 e. The van der Waals surface area contributed by atoms with E-state index in [0.717, 1.165) is 12.2 Å². The molecule has 1 aromatic rings. The standard InChI is InChI=1S/C13H16O4/c1-3-6-16-9-4-5-10-11(7-9)17-8-12(15-2)13(10)14/h4-5,7,14H,3,6,8H2,1-2H3. The molecule has 1 aliphatic rings. The first-order valence-electron chi connectivity index (χ1n) is 5.62. The van der Waals surface area contributed by atoms with Crippen molar-refractivity contribution in [3.63, 3.8) is 0 Å². The molecule has 1 N–H and O–H groups in total. The highest BCUT2D eigenvalue weighted by molar-refractivity contribution is 5.69. The van der Waals surface area contributed by atoms with Crippen LogP contribution >= 0.6 is 0 Å². The number of ether oxygens (including phenoxy) is 3. The van der Waals surface area contributed by atoms with E-state index in [1.165, 1.54) is 7.11 Å². The number of aliphatic hydroxyl groups is 1. The van der Waals surface area contributed by atoms with Crippen LogP contribution in [0.2, 0.25) is 0 Å². The van der Waals surface area contributed by atoms with Gasteiger partial charge in [-0.15, -0.1) is 0 Å². The summed E-state index contributed by atoms with van der Waals surface area (Å²) in [5.41, 5.74) is 0.636. The van der Waals surface area contributed by atoms with E-state index in [0.29, 0.717) is 23.7 Å². The Bertz CT molecular complexity index is 437. The first-order valence-corrected chi connectivity index (χ1v) is 5.62. The van der Waals surface area contributed by atoms with Gasteiger partial charge in [-0.1, -0.05) is 6.92 Å². The van der Waals surface area contributed by atoms with Gasteiger partial charge in [-0.3, -0.25) is 0 Å². The Morgan fingerprint density at radius 1 is 1.41 bits per heavy atom. The van der Waals surface area contributed by atoms with Crippen LogP contribution < -0.4 is 9.47 Å². The van der Waals surface area contributed by atoms with Gasteiger partial charge < -0.3 is 19.3 Å². The Morgan fingerprint density at radius 3 is 2.94 bits per heavy atom. The van der Waals surface area contributed by atoms with Crippen molar-refractivity contribution in [2.24, 2.45) is 0 Å². The molecular weight excluding hydrogens is 220 g/mol. The van der Waals surface area contributed by atoms with Gasteiger partial charge in [0.1, 0.15) is 18.1 Å². The van der Waals surface area contributed by atoms with Gasteiger partial charge in [-0.25, -0.2) is 0 Å². The Hall–Kier alpha value is -1.84. The van der Waals surface area contributed by atoms with Crippen molar-refractivity contribution >= 4 is 5.76 Å². The van der Waals surface area contributed by atoms with Crippen LogP contribution in [0.15, 0.2) is 24.0 Å². The second-order valence-electron chi connectivity index (χ2n) is 3.77. The lowest BCUT2D eigenvalue weighted by molar-refractivity contribution is 0.202. The number of methoxy groups -OCH3 is 1. The fourth-order valence-electron chi connectivity index (χ4n) is 1.64. The highest BCUT2D eigenvalue weighted by atomic mass is 16.5. The molecule has 4 heteroatoms. The van der Waals surface area contributed by atoms with E-state index in [-0.39, 0.29) is 12.4 Å². The summed E-state index contributed by atoms with van der Waals surface area (Å²) in [6.45, 7) is 2.96. The van der Waals surface area contributed by atoms with Crippen LogP contribution in [0.1, 0.15) is 18.9 Å². The van der Waals surface area contributed by atoms with E-state index in [2.05, 4.69) is 0 Å². The van der Waals surface area contributed by atoms with Crippen LogP contribution in [0.4, 0.5) is 0 Å². The minimum Gasteiger partial charge on any atom is -0.504 e. The maximum absolute atomic E-state index is 9.92. The number of hydrogen-bond donors (Lipinski definition) is 1. The van der Waals surface area contributed by atoms with Crippen molar-refractivity contribution in [2.45, 2.75) is 13.3 Å². The quantitative estimate of drug-likeness (QED) is 0.873. The topological polar surface area (TPSA) is 47.9 Å². The van der Waals surface area contributed by atoms with Gasteiger partial charge in [0.25, 0.3) is 0 Å². The Labute approximate surface area is 100 Å². The second kappa shape index (κ2) is 4.99. The molecule has 0 aliphatic carbocycles. The molecule has 17 heavy (non-hydrogen) atoms. The lowest BCUT2D eigenvalue weighted by Crippen LogP contribution is -2.12. The third kappa shape index (κ3) is 2.30. The molecule has 92 valence electrons. The summed E-state index contributed by atoms with van der Waals surface area (Å²) in [5.74, 6) is 1.95. The lowest BCUT2D eigenvalue weighted by atomic mass is 10.1. The maximum atomic E-state index is 9.92. The van der Waals surface area contributed by atoms with E-state index in [1.807, 2.05) is 13.0 Å². The van der Waals surface area contributed by atoms with Crippen molar-refractivity contribution in [3.05, 3.63) is 29.5 Å². The van der Waals surface area contributed by atoms with Crippen LogP contribution in [0.25, 0.3) is 5.76 Å². The summed E-state index contributed by atoms with van der Waals surface area (Å²) in [6.07, 6.45) is 0.955. The second-order valence-corrected chi connectivity index (χ2v) is 3.77. The largest absolute Gasteiger partial charge is 0.504 e. The van der Waals surface area contributed by atoms with Crippen LogP contribution in [0, 0.1) is 0 Å². The maximum Gasteiger partial charge on any atom is 0.175 e. The third-order valence-electron chi connectivity index (χ3n) is 2.55. The highest BCUT2D eigenvalue weighted by Crippen LogP contribution is 2.34. The summed E-state index contributed by atoms with van der Waals surface area (Å²) in [5, 5.41) is 9.92. The van der Waals surface area contributed by atoms with Crippen molar-refractivity contribution < 1.29 is 19.3 Å². The van der Waals surface area contributed by atoms with Crippen molar-refractivity contribution in [1.82, 2.24) is 0 Å². The predicted molar refractivity (Wildman–Crippen MR) is 64.3 cm³/mol. The Balaban J connectivity index is 2.27. The minimum atomic E-state index is 0.135. The highest BCUT2D eigenvalue weighted by Gasteiger charge is 2.20. The normalized spacial score (nSPS) is 14.0. The molecule has 0 atom stereocenters. The molecule has 2 rings (SSSR count). The first-order chi connectivity index (χ1) is 8.26. The summed E-state index contributed by atoms with van der Waals surface area (Å²) in [4.78, 5) is 0. The molecule has 4 nitrogen and oxygen atoms in total. The molecule has 0 fully saturated rings. The molecule has 0 spiro atoms. The molecule has 0 saturated heterocycles. The van der Waals surface area contributed by atoms with E-state index in [1.54, 1.807) is 12.1 Å². The molecule has 1 aromatic carbocycles. The predicted octanol–water partition coefficient (Wildman–Crippen LogP) is 2.74. The third-order valence-corrected chi connectivity index (χ3v) is 2.55. The van der Waals surface area contributed by atoms with Crippen LogP contribution in [-0.4, -0.2) is 25.4 Å². The Morgan fingerprint density at radius 2 is 2.24 bits per heavy atom. The van der Waals surface area contributed by atoms with Crippen LogP contribution in [0.5, 0.6) is 11.5 Å². The zero-order valence-electron chi connectivity index (χ0n) is 10.0. The van der Waals surface area contributed by atoms with Crippen molar-refractivity contribution in [3.8, 4) is 11.5 Å². The van der Waals surface area contributed by atoms with E-state index in [4.69, 9.17) is 14.2 Å². The van der Waals surface area contributed by atoms with Gasteiger partial charge >= 0.3 is 0 Å². The first kappa shape index (κ1) is 11.6. The van der Waals surface area contributed by atoms with Crippen molar-refractivity contribution in [2.75, 3.05) is 20.3 Å². The molecule has 0 saturated carbocycles. The fraction of sp³-hybridized carbons (Fsp3) is 0.385. The summed E-state index contributed by atoms with van der Waals surface area (Å²) < 4.78 is 16.0. The number of benzene rings is 1. The summed E-state index contributed by atoms with van der Waals surface area (Å²) in [6, 6.07) is 5.37. The average molecular weight is 236 g/mol. The van der Waals surface area contributed by atoms with E-state index < -0.39 is 0 Å². The van der Waals surface area contributed by atoms with E-state index in [9.17, 15) is 5.11 Å². The molecular formula is C13H16O4. The number of hydrogen-bond acceptors (Lipinski definition) is 4. The number of aliphatic hydroxyl groups excluding tert-OH is 1. The fourth-order valence-corrected chi connectivity index (χ4v) is 1.64. The molecule has 1 aliphatic heterocycles. The number of rotatable bonds is 4. The van der Waals surface area contributed by atoms with Gasteiger partial charge in [-0.05, 0) is 18.6 Å². The molecule has 0 unspecified atom stereocenters. The average Bonchev–Trinajstić information content (AvgIpc) is 2.37. The SMILES string of the molecule is CCCOc1ccc2c(c1)OCC(OC)=C2O. The van der Waals surface area contributed by atoms with Crippen LogP contribution in [-0.2, 0) is 4.74 Å². The number of fused-ring (bicyclic) bond motifs is 1. The molecule has 0 amide bonds. The molecule has 0 bridgehead atoms. The van der Waals surface area contributed by atoms with Crippen molar-refractivity contribution in [1.29, 1.82) is 0 Å². The van der Waals surface area contributed by atoms with Gasteiger partial charge in [0, 0.05) is 6.07 Å². The van der Waals surface area contributed by atoms with Gasteiger partial charge in [-0.2, -0.15) is 0 Å². The monoisotopic (exact) mass is 236 g/mol. The minimum absolute atomic E-state index is 0.135. The lowest BCUT2D eigenvalue weighted by Gasteiger charge is -2.20.